The van der Waals surface area contributed by atoms with Crippen molar-refractivity contribution in [2.24, 2.45) is 5.14 Å². The zero-order valence-electron chi connectivity index (χ0n) is 16.6. The summed E-state index contributed by atoms with van der Waals surface area (Å²) in [4.78, 5) is 22.4. The molecule has 0 bridgehead atoms. The minimum absolute atomic E-state index is 0.0609. The van der Waals surface area contributed by atoms with Crippen LogP contribution in [-0.2, 0) is 21.2 Å². The van der Waals surface area contributed by atoms with E-state index in [0.29, 0.717) is 18.2 Å². The Morgan fingerprint density at radius 1 is 1.33 bits per heavy atom. The van der Waals surface area contributed by atoms with Gasteiger partial charge >= 0.3 is 0 Å². The van der Waals surface area contributed by atoms with Gasteiger partial charge in [-0.1, -0.05) is 11.8 Å². The van der Waals surface area contributed by atoms with Crippen LogP contribution in [0.5, 0.6) is 5.75 Å². The number of nitrogens with two attached hydrogens (primary N) is 1. The number of carbonyl (C=O) groups excluding carboxylic acids is 1. The molecule has 1 aromatic heterocycles. The first-order chi connectivity index (χ1) is 14.3. The number of benzene rings is 2. The van der Waals surface area contributed by atoms with Gasteiger partial charge in [0, 0.05) is 17.8 Å². The number of hydrogen-bond acceptors (Lipinski definition) is 6. The molecule has 1 amide bonds. The number of rotatable bonds is 6. The van der Waals surface area contributed by atoms with E-state index >= 15 is 0 Å². The van der Waals surface area contributed by atoms with E-state index in [-0.39, 0.29) is 22.6 Å². The lowest BCUT2D eigenvalue weighted by Gasteiger charge is -2.22. The number of thioether (sulfide) groups is 1. The molecule has 0 fully saturated rings. The Kier molecular flexibility index (Phi) is 5.48. The van der Waals surface area contributed by atoms with Gasteiger partial charge in [-0.3, -0.25) is 4.79 Å². The molecule has 1 atom stereocenters. The van der Waals surface area contributed by atoms with Gasteiger partial charge in [-0.15, -0.1) is 0 Å². The fourth-order valence-corrected chi connectivity index (χ4v) is 4.96. The number of carbonyl (C=O) groups is 1. The van der Waals surface area contributed by atoms with Crippen LogP contribution in [0.15, 0.2) is 46.5 Å². The number of ether oxygens (including phenoxy) is 1. The zero-order valence-corrected chi connectivity index (χ0v) is 18.2. The quantitative estimate of drug-likeness (QED) is 0.562. The highest BCUT2D eigenvalue weighted by Gasteiger charge is 2.31. The SMILES string of the molecule is CCOc1ccc2nc(SCC(=O)N3c4ccc(S(N)(=O)=O)cc4CC3C)[nH]c2c1. The van der Waals surface area contributed by atoms with Crippen LogP contribution in [0.2, 0.25) is 0 Å². The third-order valence-corrected chi connectivity index (χ3v) is 6.71. The molecule has 0 radical (unpaired) electrons. The summed E-state index contributed by atoms with van der Waals surface area (Å²) in [6.45, 7) is 4.46. The van der Waals surface area contributed by atoms with Crippen LogP contribution in [0.25, 0.3) is 11.0 Å². The summed E-state index contributed by atoms with van der Waals surface area (Å²) in [6.07, 6.45) is 0.583. The Morgan fingerprint density at radius 2 is 2.13 bits per heavy atom. The first-order valence-electron chi connectivity index (χ1n) is 9.49. The minimum Gasteiger partial charge on any atom is -0.494 e. The van der Waals surface area contributed by atoms with E-state index in [2.05, 4.69) is 9.97 Å². The molecule has 1 unspecified atom stereocenters. The maximum absolute atomic E-state index is 12.9. The largest absolute Gasteiger partial charge is 0.494 e. The highest BCUT2D eigenvalue weighted by atomic mass is 32.2. The number of H-pyrrole nitrogens is 1. The van der Waals surface area contributed by atoms with Crippen molar-refractivity contribution in [3.8, 4) is 5.75 Å². The molecule has 0 aliphatic carbocycles. The zero-order chi connectivity index (χ0) is 21.5. The highest BCUT2D eigenvalue weighted by Crippen LogP contribution is 2.34. The number of fused-ring (bicyclic) bond motifs is 2. The van der Waals surface area contributed by atoms with Crippen molar-refractivity contribution in [1.29, 1.82) is 0 Å². The van der Waals surface area contributed by atoms with E-state index in [4.69, 9.17) is 9.88 Å². The van der Waals surface area contributed by atoms with Crippen molar-refractivity contribution in [3.05, 3.63) is 42.0 Å². The number of nitrogens with zero attached hydrogens (tertiary/aromatic N) is 2. The van der Waals surface area contributed by atoms with Crippen molar-refractivity contribution in [3.63, 3.8) is 0 Å². The van der Waals surface area contributed by atoms with Crippen LogP contribution < -0.4 is 14.8 Å². The number of primary sulfonamides is 1. The maximum atomic E-state index is 12.9. The first-order valence-corrected chi connectivity index (χ1v) is 12.0. The van der Waals surface area contributed by atoms with Crippen LogP contribution in [0, 0.1) is 0 Å². The second-order valence-electron chi connectivity index (χ2n) is 7.10. The van der Waals surface area contributed by atoms with Gasteiger partial charge < -0.3 is 14.6 Å². The molecule has 2 heterocycles. The number of hydrogen-bond donors (Lipinski definition) is 2. The van der Waals surface area contributed by atoms with Gasteiger partial charge in [0.25, 0.3) is 0 Å². The number of aromatic nitrogens is 2. The van der Waals surface area contributed by atoms with Crippen molar-refractivity contribution in [2.45, 2.75) is 36.4 Å². The number of sulfonamides is 1. The molecule has 30 heavy (non-hydrogen) atoms. The molecular formula is C20H22N4O4S2. The molecule has 1 aliphatic rings. The molecule has 8 nitrogen and oxygen atoms in total. The fraction of sp³-hybridized carbons (Fsp3) is 0.300. The normalized spacial score (nSPS) is 16.1. The Morgan fingerprint density at radius 3 is 2.87 bits per heavy atom. The number of aromatic amines is 1. The number of nitrogens with one attached hydrogen (secondary N) is 1. The molecule has 1 aliphatic heterocycles. The van der Waals surface area contributed by atoms with Gasteiger partial charge in [0.05, 0.1) is 28.3 Å². The molecule has 158 valence electrons. The van der Waals surface area contributed by atoms with Gasteiger partial charge in [-0.25, -0.2) is 18.5 Å². The minimum atomic E-state index is -3.77. The topological polar surface area (TPSA) is 118 Å². The monoisotopic (exact) mass is 446 g/mol. The standard InChI is InChI=1S/C20H22N4O4S2/c1-3-28-14-4-6-16-17(10-14)23-20(22-16)29-11-19(25)24-12(2)8-13-9-15(30(21,26)27)5-7-18(13)24/h4-7,9-10,12H,3,8,11H2,1-2H3,(H,22,23)(H2,21,26,27). The average Bonchev–Trinajstić information content (AvgIpc) is 3.24. The summed E-state index contributed by atoms with van der Waals surface area (Å²) in [5, 5.41) is 5.88. The van der Waals surface area contributed by atoms with Crippen molar-refractivity contribution < 1.29 is 17.9 Å². The second kappa shape index (κ2) is 7.93. The summed E-state index contributed by atoms with van der Waals surface area (Å²) >= 11 is 1.33. The lowest BCUT2D eigenvalue weighted by atomic mass is 10.1. The molecule has 0 saturated heterocycles. The van der Waals surface area contributed by atoms with Crippen LogP contribution >= 0.6 is 11.8 Å². The lowest BCUT2D eigenvalue weighted by molar-refractivity contribution is -0.116. The fourth-order valence-electron chi connectivity index (χ4n) is 3.65. The van der Waals surface area contributed by atoms with E-state index in [0.717, 1.165) is 28.0 Å². The summed E-state index contributed by atoms with van der Waals surface area (Å²) < 4.78 is 28.7. The third kappa shape index (κ3) is 4.03. The van der Waals surface area contributed by atoms with E-state index in [1.54, 1.807) is 17.0 Å². The van der Waals surface area contributed by atoms with Crippen LogP contribution in [0.3, 0.4) is 0 Å². The summed E-state index contributed by atoms with van der Waals surface area (Å²) in [5.41, 5.74) is 3.20. The van der Waals surface area contributed by atoms with E-state index in [9.17, 15) is 13.2 Å². The molecular weight excluding hydrogens is 424 g/mol. The molecule has 10 heteroatoms. The number of amides is 1. The molecule has 4 rings (SSSR count). The van der Waals surface area contributed by atoms with Crippen LogP contribution in [0.4, 0.5) is 5.69 Å². The Labute approximate surface area is 178 Å². The number of imidazole rings is 1. The van der Waals surface area contributed by atoms with Gasteiger partial charge in [0.2, 0.25) is 15.9 Å². The second-order valence-corrected chi connectivity index (χ2v) is 9.62. The smallest absolute Gasteiger partial charge is 0.238 e. The third-order valence-electron chi connectivity index (χ3n) is 4.94. The van der Waals surface area contributed by atoms with Gasteiger partial charge in [0.1, 0.15) is 5.75 Å². The van der Waals surface area contributed by atoms with E-state index in [1.807, 2.05) is 32.0 Å². The highest BCUT2D eigenvalue weighted by molar-refractivity contribution is 7.99. The Bertz CT molecular complexity index is 1220. The molecule has 0 saturated carbocycles. The van der Waals surface area contributed by atoms with E-state index in [1.165, 1.54) is 17.8 Å². The maximum Gasteiger partial charge on any atom is 0.238 e. The first kappa shape index (κ1) is 20.7. The number of anilines is 1. The van der Waals surface area contributed by atoms with Gasteiger partial charge in [0.15, 0.2) is 5.16 Å². The molecule has 2 aromatic carbocycles. The molecule has 0 spiro atoms. The van der Waals surface area contributed by atoms with Crippen molar-refractivity contribution in [2.75, 3.05) is 17.3 Å². The predicted octanol–water partition coefficient (Wildman–Crippen LogP) is 2.68. The van der Waals surface area contributed by atoms with Crippen molar-refractivity contribution >= 4 is 44.4 Å². The van der Waals surface area contributed by atoms with Gasteiger partial charge in [-0.2, -0.15) is 0 Å². The summed E-state index contributed by atoms with van der Waals surface area (Å²) in [6, 6.07) is 10.2. The summed E-state index contributed by atoms with van der Waals surface area (Å²) in [5.74, 6) is 0.909. The van der Waals surface area contributed by atoms with E-state index < -0.39 is 10.0 Å². The summed E-state index contributed by atoms with van der Waals surface area (Å²) in [7, 11) is -3.77. The lowest BCUT2D eigenvalue weighted by Crippen LogP contribution is -2.37. The van der Waals surface area contributed by atoms with Gasteiger partial charge in [-0.05, 0) is 56.2 Å². The average molecular weight is 447 g/mol. The van der Waals surface area contributed by atoms with Crippen molar-refractivity contribution in [1.82, 2.24) is 9.97 Å². The van der Waals surface area contributed by atoms with Crippen LogP contribution in [0.1, 0.15) is 19.4 Å². The van der Waals surface area contributed by atoms with Crippen LogP contribution in [-0.4, -0.2) is 42.7 Å². The molecule has 3 aromatic rings. The predicted molar refractivity (Wildman–Crippen MR) is 116 cm³/mol. The Hall–Kier alpha value is -2.56. The molecule has 3 N–H and O–H groups in total. The Balaban J connectivity index is 1.49.